The minimum absolute atomic E-state index is 0.0511. The molecule has 148 valence electrons. The number of unbranched alkanes of at least 4 members (excludes halogenated alkanes) is 1. The maximum atomic E-state index is 12.1. The van der Waals surface area contributed by atoms with E-state index in [4.69, 9.17) is 11.6 Å². The maximum absolute atomic E-state index is 12.1. The second-order valence-corrected chi connectivity index (χ2v) is 6.73. The van der Waals surface area contributed by atoms with E-state index in [1.807, 2.05) is 25.1 Å². The molecule has 7 heteroatoms. The van der Waals surface area contributed by atoms with Gasteiger partial charge >= 0.3 is 0 Å². The van der Waals surface area contributed by atoms with Crippen molar-refractivity contribution in [2.75, 3.05) is 5.32 Å². The summed E-state index contributed by atoms with van der Waals surface area (Å²) in [6.07, 6.45) is 2.94. The van der Waals surface area contributed by atoms with Gasteiger partial charge in [-0.05, 0) is 48.7 Å². The lowest BCUT2D eigenvalue weighted by molar-refractivity contribution is -0.121. The van der Waals surface area contributed by atoms with Crippen molar-refractivity contribution in [1.29, 1.82) is 0 Å². The molecule has 0 aliphatic carbocycles. The maximum Gasteiger partial charge on any atom is 0.269 e. The molecule has 0 atom stereocenters. The third kappa shape index (κ3) is 7.04. The van der Waals surface area contributed by atoms with Crippen LogP contribution in [0.4, 0.5) is 5.69 Å². The Bertz CT molecular complexity index is 822. The van der Waals surface area contributed by atoms with Gasteiger partial charge < -0.3 is 5.32 Å². The van der Waals surface area contributed by atoms with Gasteiger partial charge in [-0.2, -0.15) is 0 Å². The van der Waals surface area contributed by atoms with E-state index in [9.17, 15) is 14.4 Å². The van der Waals surface area contributed by atoms with Crippen molar-refractivity contribution >= 4 is 35.0 Å². The fraction of sp³-hybridized carbons (Fsp3) is 0.286. The molecular formula is C21H24ClN3O3. The molecule has 0 aliphatic heterocycles. The van der Waals surface area contributed by atoms with Crippen molar-refractivity contribution in [1.82, 2.24) is 10.9 Å². The van der Waals surface area contributed by atoms with Crippen molar-refractivity contribution < 1.29 is 14.4 Å². The van der Waals surface area contributed by atoms with E-state index in [0.717, 1.165) is 18.4 Å². The molecule has 28 heavy (non-hydrogen) atoms. The van der Waals surface area contributed by atoms with Crippen molar-refractivity contribution in [2.45, 2.75) is 39.0 Å². The second kappa shape index (κ2) is 11.1. The molecular weight excluding hydrogens is 378 g/mol. The predicted molar refractivity (Wildman–Crippen MR) is 110 cm³/mol. The van der Waals surface area contributed by atoms with E-state index in [-0.39, 0.29) is 18.2 Å². The first-order chi connectivity index (χ1) is 13.5. The third-order valence-electron chi connectivity index (χ3n) is 4.08. The molecule has 0 radical (unpaired) electrons. The second-order valence-electron chi connectivity index (χ2n) is 6.32. The number of aryl methyl sites for hydroxylation is 1. The molecule has 0 fully saturated rings. The summed E-state index contributed by atoms with van der Waals surface area (Å²) in [6, 6.07) is 13.8. The van der Waals surface area contributed by atoms with E-state index in [1.54, 1.807) is 30.3 Å². The standard InChI is InChI=1S/C21H24ClN3O3/c1-2-3-8-19(26)23-17-12-9-16(10-13-17)21(28)25-24-20(27)14-11-15-6-4-5-7-18(15)22/h4-7,9-10,12-13H,2-3,8,11,14H2,1H3,(H,23,26)(H,24,27)(H,25,28). The van der Waals surface area contributed by atoms with Crippen LogP contribution in [0.15, 0.2) is 48.5 Å². The van der Waals surface area contributed by atoms with Gasteiger partial charge in [0.1, 0.15) is 0 Å². The molecule has 3 amide bonds. The molecule has 2 rings (SSSR count). The summed E-state index contributed by atoms with van der Waals surface area (Å²) >= 11 is 6.06. The number of amides is 3. The first kappa shape index (κ1) is 21.4. The summed E-state index contributed by atoms with van der Waals surface area (Å²) in [7, 11) is 0. The lowest BCUT2D eigenvalue weighted by Gasteiger charge is -2.09. The van der Waals surface area contributed by atoms with Gasteiger partial charge in [0.25, 0.3) is 5.91 Å². The van der Waals surface area contributed by atoms with Crippen LogP contribution in [0, 0.1) is 0 Å². The van der Waals surface area contributed by atoms with Crippen LogP contribution in [-0.2, 0) is 16.0 Å². The molecule has 0 saturated carbocycles. The first-order valence-electron chi connectivity index (χ1n) is 9.22. The molecule has 0 bridgehead atoms. The minimum Gasteiger partial charge on any atom is -0.326 e. The average Bonchev–Trinajstić information content (AvgIpc) is 2.70. The van der Waals surface area contributed by atoms with Crippen molar-refractivity contribution in [3.05, 3.63) is 64.7 Å². The first-order valence-corrected chi connectivity index (χ1v) is 9.60. The largest absolute Gasteiger partial charge is 0.326 e. The molecule has 2 aromatic carbocycles. The Hall–Kier alpha value is -2.86. The van der Waals surface area contributed by atoms with Crippen LogP contribution in [-0.4, -0.2) is 17.7 Å². The number of benzene rings is 2. The average molecular weight is 402 g/mol. The Morgan fingerprint density at radius 3 is 2.29 bits per heavy atom. The zero-order valence-electron chi connectivity index (χ0n) is 15.8. The highest BCUT2D eigenvalue weighted by Gasteiger charge is 2.09. The smallest absolute Gasteiger partial charge is 0.269 e. The summed E-state index contributed by atoms with van der Waals surface area (Å²) in [5, 5.41) is 3.39. The molecule has 3 N–H and O–H groups in total. The molecule has 0 aromatic heterocycles. The van der Waals surface area contributed by atoms with E-state index >= 15 is 0 Å². The van der Waals surface area contributed by atoms with Crippen LogP contribution in [0.2, 0.25) is 5.02 Å². The predicted octanol–water partition coefficient (Wildman–Crippen LogP) is 3.86. The Kier molecular flexibility index (Phi) is 8.49. The summed E-state index contributed by atoms with van der Waals surface area (Å²) < 4.78 is 0. The third-order valence-corrected chi connectivity index (χ3v) is 4.45. The van der Waals surface area contributed by atoms with Crippen LogP contribution in [0.5, 0.6) is 0 Å². The molecule has 2 aromatic rings. The fourth-order valence-corrected chi connectivity index (χ4v) is 2.71. The van der Waals surface area contributed by atoms with Crippen molar-refractivity contribution in [2.24, 2.45) is 0 Å². The van der Waals surface area contributed by atoms with E-state index in [0.29, 0.717) is 29.1 Å². The molecule has 0 heterocycles. The highest BCUT2D eigenvalue weighted by Crippen LogP contribution is 2.16. The van der Waals surface area contributed by atoms with Crippen LogP contribution < -0.4 is 16.2 Å². The number of rotatable bonds is 8. The number of carbonyl (C=O) groups excluding carboxylic acids is 3. The zero-order valence-corrected chi connectivity index (χ0v) is 16.5. The topological polar surface area (TPSA) is 87.3 Å². The van der Waals surface area contributed by atoms with E-state index < -0.39 is 5.91 Å². The Labute approximate surface area is 169 Å². The summed E-state index contributed by atoms with van der Waals surface area (Å²) in [5.41, 5.74) is 6.64. The summed E-state index contributed by atoms with van der Waals surface area (Å²) in [5.74, 6) is -0.798. The van der Waals surface area contributed by atoms with Gasteiger partial charge in [0.15, 0.2) is 0 Å². The number of hydrogen-bond donors (Lipinski definition) is 3. The number of hydrazine groups is 1. The van der Waals surface area contributed by atoms with Crippen LogP contribution in [0.3, 0.4) is 0 Å². The van der Waals surface area contributed by atoms with Crippen molar-refractivity contribution in [3.8, 4) is 0 Å². The number of hydrogen-bond acceptors (Lipinski definition) is 3. The number of halogens is 1. The van der Waals surface area contributed by atoms with Gasteiger partial charge in [-0.15, -0.1) is 0 Å². The molecule has 0 saturated heterocycles. The monoisotopic (exact) mass is 401 g/mol. The zero-order chi connectivity index (χ0) is 20.4. The highest BCUT2D eigenvalue weighted by molar-refractivity contribution is 6.31. The van der Waals surface area contributed by atoms with Gasteiger partial charge in [0.2, 0.25) is 11.8 Å². The SMILES string of the molecule is CCCCC(=O)Nc1ccc(C(=O)NNC(=O)CCc2ccccc2Cl)cc1. The summed E-state index contributed by atoms with van der Waals surface area (Å²) in [6.45, 7) is 2.02. The van der Waals surface area contributed by atoms with Gasteiger partial charge in [-0.25, -0.2) is 0 Å². The Morgan fingerprint density at radius 1 is 0.893 bits per heavy atom. The molecule has 0 spiro atoms. The van der Waals surface area contributed by atoms with Gasteiger partial charge in [-0.1, -0.05) is 43.1 Å². The Balaban J connectivity index is 1.77. The number of anilines is 1. The van der Waals surface area contributed by atoms with Crippen LogP contribution in [0.1, 0.15) is 48.5 Å². The molecule has 0 unspecified atom stereocenters. The fourth-order valence-electron chi connectivity index (χ4n) is 2.48. The quantitative estimate of drug-likeness (QED) is 0.587. The normalized spacial score (nSPS) is 10.2. The lowest BCUT2D eigenvalue weighted by atomic mass is 10.1. The Morgan fingerprint density at radius 2 is 1.61 bits per heavy atom. The van der Waals surface area contributed by atoms with Gasteiger partial charge in [0, 0.05) is 29.1 Å². The summed E-state index contributed by atoms with van der Waals surface area (Å²) in [4.78, 5) is 35.7. The van der Waals surface area contributed by atoms with E-state index in [2.05, 4.69) is 16.2 Å². The lowest BCUT2D eigenvalue weighted by Crippen LogP contribution is -2.41. The van der Waals surface area contributed by atoms with Crippen LogP contribution >= 0.6 is 11.6 Å². The minimum atomic E-state index is -0.435. The van der Waals surface area contributed by atoms with Crippen LogP contribution in [0.25, 0.3) is 0 Å². The number of carbonyl (C=O) groups is 3. The molecule has 6 nitrogen and oxygen atoms in total. The molecule has 0 aliphatic rings. The van der Waals surface area contributed by atoms with E-state index in [1.165, 1.54) is 0 Å². The number of nitrogens with one attached hydrogen (secondary N) is 3. The van der Waals surface area contributed by atoms with Gasteiger partial charge in [0.05, 0.1) is 0 Å². The van der Waals surface area contributed by atoms with Crippen molar-refractivity contribution in [3.63, 3.8) is 0 Å². The highest BCUT2D eigenvalue weighted by atomic mass is 35.5. The van der Waals surface area contributed by atoms with Gasteiger partial charge in [-0.3, -0.25) is 25.2 Å².